The summed E-state index contributed by atoms with van der Waals surface area (Å²) in [6.07, 6.45) is 3.17. The van der Waals surface area contributed by atoms with E-state index in [0.29, 0.717) is 47.8 Å². The molecule has 1 aromatic carbocycles. The summed E-state index contributed by atoms with van der Waals surface area (Å²) in [7, 11) is 0. The Morgan fingerprint density at radius 3 is 2.51 bits per heavy atom. The molecule has 3 heterocycles. The van der Waals surface area contributed by atoms with Gasteiger partial charge in [0.15, 0.2) is 0 Å². The fraction of sp³-hybridized carbons (Fsp3) is 0.480. The van der Waals surface area contributed by atoms with Gasteiger partial charge in [-0.1, -0.05) is 0 Å². The van der Waals surface area contributed by atoms with Gasteiger partial charge in [0.25, 0.3) is 0 Å². The number of aromatic amines is 1. The fourth-order valence-electron chi connectivity index (χ4n) is 4.42. The number of nitrogens with zero attached hydrogens (tertiary/aromatic N) is 4. The van der Waals surface area contributed by atoms with Crippen LogP contribution in [0, 0.1) is 19.7 Å². The second-order valence-electron chi connectivity index (χ2n) is 9.72. The summed E-state index contributed by atoms with van der Waals surface area (Å²) in [6.45, 7) is 11.8. The summed E-state index contributed by atoms with van der Waals surface area (Å²) in [5.41, 5.74) is 2.01. The van der Waals surface area contributed by atoms with Crippen molar-refractivity contribution in [2.75, 3.05) is 19.8 Å². The van der Waals surface area contributed by atoms with E-state index in [1.165, 1.54) is 4.57 Å². The molecule has 1 atom stereocenters. The van der Waals surface area contributed by atoms with E-state index in [0.717, 1.165) is 5.69 Å². The molecule has 1 N–H and O–H groups in total. The van der Waals surface area contributed by atoms with Crippen LogP contribution in [0.2, 0.25) is 0 Å². The highest BCUT2D eigenvalue weighted by atomic mass is 19.1. The minimum Gasteiger partial charge on any atom is -0.444 e. The predicted octanol–water partition coefficient (Wildman–Crippen LogP) is 3.98. The summed E-state index contributed by atoms with van der Waals surface area (Å²) in [5, 5.41) is 4.84. The number of H-pyrrole nitrogens is 1. The van der Waals surface area contributed by atoms with Gasteiger partial charge >= 0.3 is 11.8 Å². The van der Waals surface area contributed by atoms with Crippen molar-refractivity contribution in [2.24, 2.45) is 0 Å². The first kappa shape index (κ1) is 24.7. The molecular weight excluding hydrogens is 453 g/mol. The highest BCUT2D eigenvalue weighted by Crippen LogP contribution is 2.37. The maximum Gasteiger partial charge on any atom is 0.410 e. The van der Waals surface area contributed by atoms with Gasteiger partial charge in [-0.15, -0.1) is 0 Å². The van der Waals surface area contributed by atoms with Crippen LogP contribution in [0.25, 0.3) is 11.5 Å². The summed E-state index contributed by atoms with van der Waals surface area (Å²) < 4.78 is 29.0. The third kappa shape index (κ3) is 4.75. The molecule has 0 saturated carbocycles. The van der Waals surface area contributed by atoms with Gasteiger partial charge < -0.3 is 14.5 Å². The Bertz CT molecular complexity index is 1280. The van der Waals surface area contributed by atoms with Crippen LogP contribution in [0.1, 0.15) is 56.1 Å². The standard InChI is InChI=1S/C25H32FN5O4/c1-7-34-14-19-20-18(8-10-29(19)24(33)35-25(4,5)6)28-31(22(20)30-11-9-27-23(30)32)17-12-15(2)21(26)16(3)13-17/h9,11-13,19H,7-8,10,14H2,1-6H3,(H,27,32)/t19-/m0/s1. The molecule has 10 heteroatoms. The number of nitrogens with one attached hydrogen (secondary N) is 1. The average molecular weight is 486 g/mol. The Labute approximate surface area is 203 Å². The van der Waals surface area contributed by atoms with Crippen molar-refractivity contribution in [1.82, 2.24) is 24.2 Å². The first-order valence-electron chi connectivity index (χ1n) is 11.7. The number of aryl methyl sites for hydroxylation is 2. The van der Waals surface area contributed by atoms with Gasteiger partial charge in [-0.2, -0.15) is 5.10 Å². The Morgan fingerprint density at radius 2 is 1.94 bits per heavy atom. The largest absolute Gasteiger partial charge is 0.444 e. The SMILES string of the molecule is CCOC[C@H]1c2c(nn(-c3cc(C)c(F)c(C)c3)c2-n2cc[nH]c2=O)CCN1C(=O)OC(C)(C)C. The molecule has 1 amide bonds. The number of carbonyl (C=O) groups excluding carboxylic acids is 1. The second kappa shape index (κ2) is 9.33. The van der Waals surface area contributed by atoms with Crippen molar-refractivity contribution in [3.8, 4) is 11.5 Å². The van der Waals surface area contributed by atoms with E-state index in [4.69, 9.17) is 14.6 Å². The summed E-state index contributed by atoms with van der Waals surface area (Å²) in [5.74, 6) is 0.200. The van der Waals surface area contributed by atoms with Crippen molar-refractivity contribution in [3.63, 3.8) is 0 Å². The van der Waals surface area contributed by atoms with Gasteiger partial charge in [0.1, 0.15) is 17.2 Å². The number of carbonyl (C=O) groups is 1. The number of benzene rings is 1. The third-order valence-corrected chi connectivity index (χ3v) is 5.92. The molecule has 3 aromatic rings. The Hall–Kier alpha value is -3.40. The molecule has 0 aliphatic carbocycles. The van der Waals surface area contributed by atoms with E-state index in [-0.39, 0.29) is 18.1 Å². The van der Waals surface area contributed by atoms with Crippen LogP contribution in [-0.4, -0.2) is 55.7 Å². The van der Waals surface area contributed by atoms with Gasteiger partial charge in [-0.05, 0) is 64.8 Å². The first-order valence-corrected chi connectivity index (χ1v) is 11.7. The molecule has 0 bridgehead atoms. The molecule has 9 nitrogen and oxygen atoms in total. The molecule has 0 saturated heterocycles. The van der Waals surface area contributed by atoms with Crippen LogP contribution in [0.15, 0.2) is 29.3 Å². The van der Waals surface area contributed by atoms with E-state index in [1.807, 2.05) is 27.7 Å². The molecule has 0 radical (unpaired) electrons. The highest BCUT2D eigenvalue weighted by molar-refractivity contribution is 5.70. The molecule has 188 valence electrons. The Balaban J connectivity index is 1.94. The zero-order chi connectivity index (χ0) is 25.5. The van der Waals surface area contributed by atoms with Crippen molar-refractivity contribution >= 4 is 6.09 Å². The monoisotopic (exact) mass is 485 g/mol. The highest BCUT2D eigenvalue weighted by Gasteiger charge is 2.39. The van der Waals surface area contributed by atoms with Crippen LogP contribution in [0.5, 0.6) is 0 Å². The van der Waals surface area contributed by atoms with Crippen LogP contribution >= 0.6 is 0 Å². The first-order chi connectivity index (χ1) is 16.5. The number of aromatic nitrogens is 4. The summed E-state index contributed by atoms with van der Waals surface area (Å²) >= 11 is 0. The van der Waals surface area contributed by atoms with Crippen molar-refractivity contribution in [2.45, 2.75) is 59.6 Å². The van der Waals surface area contributed by atoms with Crippen molar-refractivity contribution < 1.29 is 18.7 Å². The number of halogens is 1. The Kier molecular flexibility index (Phi) is 6.59. The molecule has 0 unspecified atom stereocenters. The normalized spacial score (nSPS) is 15.9. The number of ether oxygens (including phenoxy) is 2. The van der Waals surface area contributed by atoms with Gasteiger partial charge in [-0.25, -0.2) is 18.7 Å². The molecule has 1 aliphatic heterocycles. The number of rotatable bonds is 5. The fourth-order valence-corrected chi connectivity index (χ4v) is 4.42. The van der Waals surface area contributed by atoms with Crippen LogP contribution in [0.3, 0.4) is 0 Å². The van der Waals surface area contributed by atoms with Crippen LogP contribution < -0.4 is 5.69 Å². The van der Waals surface area contributed by atoms with Gasteiger partial charge in [0.05, 0.1) is 24.0 Å². The van der Waals surface area contributed by atoms with Gasteiger partial charge in [-0.3, -0.25) is 9.47 Å². The van der Waals surface area contributed by atoms with Crippen LogP contribution in [0.4, 0.5) is 9.18 Å². The van der Waals surface area contributed by atoms with E-state index in [9.17, 15) is 14.0 Å². The molecule has 0 fully saturated rings. The van der Waals surface area contributed by atoms with E-state index >= 15 is 0 Å². The summed E-state index contributed by atoms with van der Waals surface area (Å²) in [4.78, 5) is 30.2. The molecular formula is C25H32FN5O4. The predicted molar refractivity (Wildman–Crippen MR) is 129 cm³/mol. The lowest BCUT2D eigenvalue weighted by Crippen LogP contribution is -2.44. The lowest BCUT2D eigenvalue weighted by Gasteiger charge is -2.36. The topological polar surface area (TPSA) is 94.4 Å². The number of hydrogen-bond acceptors (Lipinski definition) is 5. The molecule has 1 aliphatic rings. The lowest BCUT2D eigenvalue weighted by molar-refractivity contribution is -0.000777. The molecule has 0 spiro atoms. The van der Waals surface area contributed by atoms with Crippen molar-refractivity contribution in [1.29, 1.82) is 0 Å². The number of fused-ring (bicyclic) bond motifs is 1. The second-order valence-corrected chi connectivity index (χ2v) is 9.72. The summed E-state index contributed by atoms with van der Waals surface area (Å²) in [6, 6.07) is 2.87. The minimum atomic E-state index is -0.665. The number of amides is 1. The molecule has 35 heavy (non-hydrogen) atoms. The van der Waals surface area contributed by atoms with Crippen molar-refractivity contribution in [3.05, 3.63) is 63.2 Å². The zero-order valence-electron chi connectivity index (χ0n) is 21.0. The van der Waals surface area contributed by atoms with E-state index in [1.54, 1.807) is 48.0 Å². The molecule has 2 aromatic heterocycles. The smallest absolute Gasteiger partial charge is 0.410 e. The number of imidazole rings is 1. The minimum absolute atomic E-state index is 0.210. The van der Waals surface area contributed by atoms with Gasteiger partial charge in [0.2, 0.25) is 0 Å². The maximum absolute atomic E-state index is 14.4. The third-order valence-electron chi connectivity index (χ3n) is 5.92. The lowest BCUT2D eigenvalue weighted by atomic mass is 9.98. The maximum atomic E-state index is 14.4. The van der Waals surface area contributed by atoms with Crippen LogP contribution in [-0.2, 0) is 15.9 Å². The Morgan fingerprint density at radius 1 is 1.26 bits per heavy atom. The quantitative estimate of drug-likeness (QED) is 0.590. The average Bonchev–Trinajstić information content (AvgIpc) is 3.37. The van der Waals surface area contributed by atoms with Gasteiger partial charge in [0, 0.05) is 37.5 Å². The number of hydrogen-bond donors (Lipinski definition) is 1. The van der Waals surface area contributed by atoms with E-state index < -0.39 is 17.7 Å². The van der Waals surface area contributed by atoms with E-state index in [2.05, 4.69) is 4.98 Å². The zero-order valence-corrected chi connectivity index (χ0v) is 21.0. The molecule has 4 rings (SSSR count).